The second-order valence-electron chi connectivity index (χ2n) is 4.86. The lowest BCUT2D eigenvalue weighted by Crippen LogP contribution is -2.48. The van der Waals surface area contributed by atoms with Gasteiger partial charge in [-0.15, -0.1) is 11.6 Å². The first-order valence-corrected chi connectivity index (χ1v) is 6.72. The summed E-state index contributed by atoms with van der Waals surface area (Å²) in [6.07, 6.45) is -0.743. The Labute approximate surface area is 124 Å². The van der Waals surface area contributed by atoms with Crippen molar-refractivity contribution in [1.29, 1.82) is 0 Å². The zero-order chi connectivity index (χ0) is 15.2. The van der Waals surface area contributed by atoms with Gasteiger partial charge in [0, 0.05) is 0 Å². The van der Waals surface area contributed by atoms with Crippen molar-refractivity contribution >= 4 is 28.6 Å². The first kappa shape index (κ1) is 14.4. The average Bonchev–Trinajstić information content (AvgIpc) is 3.01. The van der Waals surface area contributed by atoms with E-state index in [0.717, 1.165) is 0 Å². The first-order valence-electron chi connectivity index (χ1n) is 6.18. The van der Waals surface area contributed by atoms with Crippen molar-refractivity contribution in [3.63, 3.8) is 0 Å². The third kappa shape index (κ3) is 1.97. The molecular formula is C11H14ClN5O4. The van der Waals surface area contributed by atoms with Crippen LogP contribution in [0.1, 0.15) is 6.23 Å². The average molecular weight is 316 g/mol. The highest BCUT2D eigenvalue weighted by molar-refractivity contribution is 6.18. The Kier molecular flexibility index (Phi) is 3.46. The molecule has 1 aliphatic rings. The van der Waals surface area contributed by atoms with Crippen LogP contribution in [0.15, 0.2) is 12.7 Å². The van der Waals surface area contributed by atoms with Crippen molar-refractivity contribution in [2.45, 2.75) is 24.0 Å². The summed E-state index contributed by atoms with van der Waals surface area (Å²) in [6.45, 7) is -0.458. The normalized spacial score (nSPS) is 32.9. The van der Waals surface area contributed by atoms with Gasteiger partial charge in [0.05, 0.1) is 18.8 Å². The molecule has 1 aliphatic heterocycles. The number of nitrogen functional groups attached to an aromatic ring is 1. The number of rotatable bonds is 3. The number of halogens is 1. The second kappa shape index (κ2) is 5.04. The molecule has 0 spiro atoms. The van der Waals surface area contributed by atoms with E-state index in [4.69, 9.17) is 22.1 Å². The highest BCUT2D eigenvalue weighted by Gasteiger charge is 2.56. The van der Waals surface area contributed by atoms with E-state index < -0.39 is 30.6 Å². The molecule has 4 atom stereocenters. The highest BCUT2D eigenvalue weighted by Crippen LogP contribution is 2.40. The molecule has 0 unspecified atom stereocenters. The Morgan fingerprint density at radius 2 is 2.19 bits per heavy atom. The molecule has 0 radical (unpaired) electrons. The fraction of sp³-hybridized carbons (Fsp3) is 0.545. The van der Waals surface area contributed by atoms with E-state index in [2.05, 4.69) is 15.0 Å². The number of nitrogens with zero attached hydrogens (tertiary/aromatic N) is 4. The summed E-state index contributed by atoms with van der Waals surface area (Å²) in [5.41, 5.74) is 4.60. The van der Waals surface area contributed by atoms with Gasteiger partial charge in [0.1, 0.15) is 24.1 Å². The molecule has 3 rings (SSSR count). The number of aromatic nitrogens is 4. The molecule has 3 heterocycles. The molecule has 2 aromatic rings. The van der Waals surface area contributed by atoms with Crippen LogP contribution < -0.4 is 5.73 Å². The Hall–Kier alpha value is -1.52. The molecule has 0 aromatic carbocycles. The van der Waals surface area contributed by atoms with E-state index in [1.54, 1.807) is 0 Å². The summed E-state index contributed by atoms with van der Waals surface area (Å²) in [5, 5.41) is 29.9. The molecule has 0 amide bonds. The molecule has 1 fully saturated rings. The Balaban J connectivity index is 2.11. The van der Waals surface area contributed by atoms with Gasteiger partial charge in [-0.1, -0.05) is 0 Å². The zero-order valence-electron chi connectivity index (χ0n) is 10.8. The third-order valence-electron chi connectivity index (χ3n) is 3.63. The van der Waals surface area contributed by atoms with Crippen molar-refractivity contribution in [1.82, 2.24) is 19.5 Å². The summed E-state index contributed by atoms with van der Waals surface area (Å²) in [7, 11) is 0. The minimum absolute atomic E-state index is 0.186. The Morgan fingerprint density at radius 1 is 1.43 bits per heavy atom. The van der Waals surface area contributed by atoms with E-state index in [-0.39, 0.29) is 11.7 Å². The minimum atomic E-state index is -1.79. The van der Waals surface area contributed by atoms with Crippen LogP contribution in [-0.4, -0.2) is 65.1 Å². The first-order chi connectivity index (χ1) is 10.0. The maximum Gasteiger partial charge on any atom is 0.169 e. The van der Waals surface area contributed by atoms with Crippen molar-refractivity contribution in [3.8, 4) is 0 Å². The molecule has 9 nitrogen and oxygen atoms in total. The summed E-state index contributed by atoms with van der Waals surface area (Å²) >= 11 is 5.80. The summed E-state index contributed by atoms with van der Waals surface area (Å²) in [5.74, 6) is -0.110. The van der Waals surface area contributed by atoms with Gasteiger partial charge in [-0.3, -0.25) is 4.57 Å². The van der Waals surface area contributed by atoms with Crippen LogP contribution in [0.2, 0.25) is 0 Å². The summed E-state index contributed by atoms with van der Waals surface area (Å²) in [4.78, 5) is 11.9. The molecule has 1 saturated heterocycles. The molecule has 0 bridgehead atoms. The molecule has 2 aromatic heterocycles. The predicted octanol–water partition coefficient (Wildman–Crippen LogP) is -1.37. The number of aliphatic hydroxyl groups is 3. The second-order valence-corrected chi connectivity index (χ2v) is 5.13. The van der Waals surface area contributed by atoms with Gasteiger partial charge in [-0.05, 0) is 0 Å². The van der Waals surface area contributed by atoms with Crippen LogP contribution in [0.25, 0.3) is 11.2 Å². The van der Waals surface area contributed by atoms with E-state index in [9.17, 15) is 15.3 Å². The summed E-state index contributed by atoms with van der Waals surface area (Å²) in [6, 6.07) is 0. The van der Waals surface area contributed by atoms with Gasteiger partial charge >= 0.3 is 0 Å². The fourth-order valence-electron chi connectivity index (χ4n) is 2.46. The molecule has 5 N–H and O–H groups in total. The van der Waals surface area contributed by atoms with Crippen LogP contribution >= 0.6 is 11.6 Å². The van der Waals surface area contributed by atoms with E-state index in [1.165, 1.54) is 17.2 Å². The summed E-state index contributed by atoms with van der Waals surface area (Å²) < 4.78 is 6.92. The molecule has 0 aliphatic carbocycles. The number of aliphatic hydroxyl groups excluding tert-OH is 2. The lowest BCUT2D eigenvalue weighted by atomic mass is 9.96. The Morgan fingerprint density at radius 3 is 2.86 bits per heavy atom. The number of fused-ring (bicyclic) bond motifs is 1. The number of nitrogens with two attached hydrogens (primary N) is 1. The number of alkyl halides is 1. The van der Waals surface area contributed by atoms with Gasteiger partial charge in [0.25, 0.3) is 0 Å². The van der Waals surface area contributed by atoms with Crippen molar-refractivity contribution < 1.29 is 20.1 Å². The predicted molar refractivity (Wildman–Crippen MR) is 72.4 cm³/mol. The lowest BCUT2D eigenvalue weighted by Gasteiger charge is -2.29. The SMILES string of the molecule is Nc1ncnc2c1ncn2[C@@H]1O[C@H](CO)[C@@H](O)[C@]1(O)CCl. The molecular weight excluding hydrogens is 302 g/mol. The van der Waals surface area contributed by atoms with Gasteiger partial charge < -0.3 is 25.8 Å². The van der Waals surface area contributed by atoms with Gasteiger partial charge in [0.2, 0.25) is 0 Å². The van der Waals surface area contributed by atoms with E-state index in [0.29, 0.717) is 11.2 Å². The minimum Gasteiger partial charge on any atom is -0.394 e. The molecule has 21 heavy (non-hydrogen) atoms. The lowest BCUT2D eigenvalue weighted by molar-refractivity contribution is -0.0927. The number of ether oxygens (including phenoxy) is 1. The smallest absolute Gasteiger partial charge is 0.169 e. The standard InChI is InChI=1S/C11H14ClN5O4/c12-2-11(20)7(19)5(1-18)21-10(11)17-4-16-6-8(13)14-3-15-9(6)17/h3-5,7,10,18-20H,1-2H2,(H2,13,14,15)/t5-,7-,10-,11-/m1/s1. The van der Waals surface area contributed by atoms with Crippen LogP contribution in [-0.2, 0) is 4.74 Å². The largest absolute Gasteiger partial charge is 0.394 e. The maximum absolute atomic E-state index is 10.6. The fourth-order valence-corrected chi connectivity index (χ4v) is 2.75. The van der Waals surface area contributed by atoms with Gasteiger partial charge in [-0.2, -0.15) is 0 Å². The number of hydrogen-bond acceptors (Lipinski definition) is 8. The number of hydrogen-bond donors (Lipinski definition) is 4. The van der Waals surface area contributed by atoms with Crippen LogP contribution in [0.4, 0.5) is 5.82 Å². The van der Waals surface area contributed by atoms with Crippen LogP contribution in [0.3, 0.4) is 0 Å². The molecule has 114 valence electrons. The molecule has 0 saturated carbocycles. The highest BCUT2D eigenvalue weighted by atomic mass is 35.5. The van der Waals surface area contributed by atoms with E-state index >= 15 is 0 Å². The zero-order valence-corrected chi connectivity index (χ0v) is 11.6. The van der Waals surface area contributed by atoms with Gasteiger partial charge in [0.15, 0.2) is 23.3 Å². The number of imidazole rings is 1. The van der Waals surface area contributed by atoms with Crippen molar-refractivity contribution in [3.05, 3.63) is 12.7 Å². The molecule has 10 heteroatoms. The van der Waals surface area contributed by atoms with E-state index in [1.807, 2.05) is 0 Å². The van der Waals surface area contributed by atoms with Crippen molar-refractivity contribution in [2.24, 2.45) is 0 Å². The van der Waals surface area contributed by atoms with Crippen LogP contribution in [0, 0.1) is 0 Å². The van der Waals surface area contributed by atoms with Gasteiger partial charge in [-0.25, -0.2) is 15.0 Å². The number of anilines is 1. The maximum atomic E-state index is 10.6. The van der Waals surface area contributed by atoms with Crippen molar-refractivity contribution in [2.75, 3.05) is 18.2 Å². The monoisotopic (exact) mass is 315 g/mol. The topological polar surface area (TPSA) is 140 Å². The Bertz CT molecular complexity index is 667. The van der Waals surface area contributed by atoms with Crippen LogP contribution in [0.5, 0.6) is 0 Å². The quantitative estimate of drug-likeness (QED) is 0.509. The third-order valence-corrected chi connectivity index (χ3v) is 4.06.